The summed E-state index contributed by atoms with van der Waals surface area (Å²) < 4.78 is 24.7. The predicted molar refractivity (Wildman–Crippen MR) is 51.4 cm³/mol. The molecule has 0 spiro atoms. The van der Waals surface area contributed by atoms with Gasteiger partial charge in [0.15, 0.2) is 0 Å². The van der Waals surface area contributed by atoms with Crippen LogP contribution in [0, 0.1) is 12.3 Å². The summed E-state index contributed by atoms with van der Waals surface area (Å²) in [6.07, 6.45) is 4.87. The molecule has 0 rings (SSSR count). The Morgan fingerprint density at radius 3 is 2.53 bits per heavy atom. The molecule has 84 valence electrons. The Balaban J connectivity index is 4.49. The maximum Gasteiger partial charge on any atom is 0.357 e. The molecule has 0 N–H and O–H groups in total. The van der Waals surface area contributed by atoms with Crippen LogP contribution in [-0.4, -0.2) is 31.5 Å². The number of ether oxygens (including phenoxy) is 2. The lowest BCUT2D eigenvalue weighted by atomic mass is 10.7. The Hall–Kier alpha value is -1.31. The van der Waals surface area contributed by atoms with Crippen molar-refractivity contribution in [2.75, 3.05) is 13.7 Å². The van der Waals surface area contributed by atoms with E-state index in [1.54, 1.807) is 0 Å². The summed E-state index contributed by atoms with van der Waals surface area (Å²) in [4.78, 5) is 21.7. The first-order valence-electron chi connectivity index (χ1n) is 3.88. The van der Waals surface area contributed by atoms with Crippen molar-refractivity contribution >= 4 is 20.0 Å². The van der Waals surface area contributed by atoms with E-state index < -0.39 is 25.8 Å². The van der Waals surface area contributed by atoms with Crippen LogP contribution in [0.1, 0.15) is 6.92 Å². The smallest absolute Gasteiger partial charge is 0.357 e. The third kappa shape index (κ3) is 5.21. The number of methoxy groups -OCH3 is 1. The standard InChI is InChI=1S/C8H11O6P/c1-4-5-13-15(11)8(7(10)12-3)14-6(2)9/h1,8,15H,5H2,2-3H3. The molecule has 0 saturated carbocycles. The monoisotopic (exact) mass is 234 g/mol. The summed E-state index contributed by atoms with van der Waals surface area (Å²) in [6.45, 7) is 0.846. The van der Waals surface area contributed by atoms with Gasteiger partial charge in [0, 0.05) is 6.92 Å². The van der Waals surface area contributed by atoms with E-state index >= 15 is 0 Å². The van der Waals surface area contributed by atoms with Crippen LogP contribution in [-0.2, 0) is 28.2 Å². The van der Waals surface area contributed by atoms with E-state index in [4.69, 9.17) is 6.42 Å². The van der Waals surface area contributed by atoms with Crippen LogP contribution < -0.4 is 0 Å². The summed E-state index contributed by atoms with van der Waals surface area (Å²) in [5, 5.41) is 0. The average Bonchev–Trinajstić information content (AvgIpc) is 2.21. The second-order valence-corrected chi connectivity index (χ2v) is 3.78. The van der Waals surface area contributed by atoms with Crippen molar-refractivity contribution in [1.82, 2.24) is 0 Å². The van der Waals surface area contributed by atoms with Gasteiger partial charge in [-0.3, -0.25) is 9.36 Å². The van der Waals surface area contributed by atoms with Gasteiger partial charge in [0.2, 0.25) is 8.03 Å². The number of carbonyl (C=O) groups excluding carboxylic acids is 2. The first-order chi connectivity index (χ1) is 7.02. The van der Waals surface area contributed by atoms with Crippen molar-refractivity contribution in [1.29, 1.82) is 0 Å². The topological polar surface area (TPSA) is 78.9 Å². The van der Waals surface area contributed by atoms with Gasteiger partial charge in [-0.05, 0) is 0 Å². The van der Waals surface area contributed by atoms with Gasteiger partial charge in [-0.25, -0.2) is 4.79 Å². The Morgan fingerprint density at radius 2 is 2.13 bits per heavy atom. The Labute approximate surface area is 87.7 Å². The largest absolute Gasteiger partial charge is 0.466 e. The maximum atomic E-state index is 11.3. The van der Waals surface area contributed by atoms with E-state index in [1.807, 2.05) is 0 Å². The molecule has 2 atom stereocenters. The van der Waals surface area contributed by atoms with Crippen LogP contribution in [0.25, 0.3) is 0 Å². The fraction of sp³-hybridized carbons (Fsp3) is 0.500. The lowest BCUT2D eigenvalue weighted by Crippen LogP contribution is -2.24. The molecule has 0 aliphatic heterocycles. The number of esters is 2. The van der Waals surface area contributed by atoms with Gasteiger partial charge >= 0.3 is 11.9 Å². The number of hydrogen-bond acceptors (Lipinski definition) is 6. The minimum Gasteiger partial charge on any atom is -0.466 e. The minimum atomic E-state index is -2.91. The van der Waals surface area contributed by atoms with Crippen molar-refractivity contribution in [2.24, 2.45) is 0 Å². The third-order valence-corrected chi connectivity index (χ3v) is 2.42. The maximum absolute atomic E-state index is 11.3. The highest BCUT2D eigenvalue weighted by molar-refractivity contribution is 7.41. The molecule has 7 heteroatoms. The fourth-order valence-corrected chi connectivity index (χ4v) is 1.60. The molecule has 0 amide bonds. The van der Waals surface area contributed by atoms with E-state index in [-0.39, 0.29) is 6.61 Å². The van der Waals surface area contributed by atoms with Crippen LogP contribution in [0.3, 0.4) is 0 Å². The number of carbonyl (C=O) groups is 2. The molecular weight excluding hydrogens is 223 g/mol. The van der Waals surface area contributed by atoms with Gasteiger partial charge < -0.3 is 14.0 Å². The molecule has 0 aromatic carbocycles. The lowest BCUT2D eigenvalue weighted by molar-refractivity contribution is -0.159. The molecule has 15 heavy (non-hydrogen) atoms. The lowest BCUT2D eigenvalue weighted by Gasteiger charge is -2.13. The van der Waals surface area contributed by atoms with Gasteiger partial charge in [-0.2, -0.15) is 0 Å². The van der Waals surface area contributed by atoms with Crippen molar-refractivity contribution in [3.8, 4) is 12.3 Å². The molecule has 0 bridgehead atoms. The zero-order chi connectivity index (χ0) is 11.8. The van der Waals surface area contributed by atoms with Crippen LogP contribution >= 0.6 is 8.03 Å². The molecule has 0 radical (unpaired) electrons. The molecule has 0 heterocycles. The van der Waals surface area contributed by atoms with Crippen LogP contribution in [0.4, 0.5) is 0 Å². The van der Waals surface area contributed by atoms with E-state index in [0.717, 1.165) is 14.0 Å². The van der Waals surface area contributed by atoms with E-state index in [2.05, 4.69) is 19.9 Å². The van der Waals surface area contributed by atoms with Gasteiger partial charge in [-0.1, -0.05) is 5.92 Å². The van der Waals surface area contributed by atoms with Gasteiger partial charge in [0.25, 0.3) is 5.85 Å². The van der Waals surface area contributed by atoms with E-state index in [1.165, 1.54) is 0 Å². The van der Waals surface area contributed by atoms with Crippen molar-refractivity contribution in [2.45, 2.75) is 12.8 Å². The van der Waals surface area contributed by atoms with Gasteiger partial charge in [0.1, 0.15) is 6.61 Å². The molecule has 0 saturated heterocycles. The molecule has 0 aromatic heterocycles. The third-order valence-electron chi connectivity index (χ3n) is 1.21. The Morgan fingerprint density at radius 1 is 1.53 bits per heavy atom. The number of terminal acetylenes is 1. The zero-order valence-corrected chi connectivity index (χ0v) is 9.31. The molecular formula is C8H11O6P. The first kappa shape index (κ1) is 13.7. The van der Waals surface area contributed by atoms with E-state index in [9.17, 15) is 14.2 Å². The highest BCUT2D eigenvalue weighted by atomic mass is 31.1. The number of hydrogen-bond donors (Lipinski definition) is 0. The second-order valence-electron chi connectivity index (χ2n) is 2.32. The van der Waals surface area contributed by atoms with Gasteiger partial charge in [0.05, 0.1) is 7.11 Å². The van der Waals surface area contributed by atoms with Crippen molar-refractivity contribution in [3.05, 3.63) is 0 Å². The Kier molecular flexibility index (Phi) is 6.43. The summed E-state index contributed by atoms with van der Waals surface area (Å²) in [5.41, 5.74) is 0. The van der Waals surface area contributed by atoms with E-state index in [0.29, 0.717) is 0 Å². The SMILES string of the molecule is C#CCO[PH](=O)C(OC(C)=O)C(=O)OC. The molecule has 0 aromatic rings. The fourth-order valence-electron chi connectivity index (χ4n) is 0.654. The molecule has 0 aliphatic rings. The number of rotatable bonds is 5. The first-order valence-corrected chi connectivity index (χ1v) is 5.27. The molecule has 2 unspecified atom stereocenters. The predicted octanol–water partition coefficient (Wildman–Crippen LogP) is 0.173. The minimum absolute atomic E-state index is 0.230. The van der Waals surface area contributed by atoms with Crippen LogP contribution in [0.15, 0.2) is 0 Å². The van der Waals surface area contributed by atoms with Crippen LogP contribution in [0.5, 0.6) is 0 Å². The molecule has 0 fully saturated rings. The summed E-state index contributed by atoms with van der Waals surface area (Å²) >= 11 is 0. The average molecular weight is 234 g/mol. The van der Waals surface area contributed by atoms with Crippen molar-refractivity contribution < 1.29 is 28.2 Å². The summed E-state index contributed by atoms with van der Waals surface area (Å²) in [5.74, 6) is -1.16. The highest BCUT2D eigenvalue weighted by Crippen LogP contribution is 2.31. The highest BCUT2D eigenvalue weighted by Gasteiger charge is 2.29. The summed E-state index contributed by atoms with van der Waals surface area (Å²) in [7, 11) is -1.83. The zero-order valence-electron chi connectivity index (χ0n) is 8.31. The van der Waals surface area contributed by atoms with Gasteiger partial charge in [-0.15, -0.1) is 6.42 Å². The normalized spacial score (nSPS) is 13.4. The quantitative estimate of drug-likeness (QED) is 0.383. The Bertz CT molecular complexity index is 305. The molecule has 6 nitrogen and oxygen atoms in total. The second kappa shape index (κ2) is 7.04. The molecule has 0 aliphatic carbocycles. The van der Waals surface area contributed by atoms with Crippen LogP contribution in [0.2, 0.25) is 0 Å². The summed E-state index contributed by atoms with van der Waals surface area (Å²) in [6, 6.07) is 0. The van der Waals surface area contributed by atoms with Crippen molar-refractivity contribution in [3.63, 3.8) is 0 Å².